The Morgan fingerprint density at radius 1 is 1.07 bits per heavy atom. The first-order valence-corrected chi connectivity index (χ1v) is 9.85. The van der Waals surface area contributed by atoms with Gasteiger partial charge in [0.2, 0.25) is 0 Å². The second kappa shape index (κ2) is 8.39. The quantitative estimate of drug-likeness (QED) is 0.722. The molecule has 0 unspecified atom stereocenters. The Morgan fingerprint density at radius 3 is 2.48 bits per heavy atom. The number of aryl methyl sites for hydroxylation is 1. The number of aromatic hydroxyl groups is 1. The summed E-state index contributed by atoms with van der Waals surface area (Å²) in [7, 11) is 0. The highest BCUT2D eigenvalue weighted by atomic mass is 16.3. The third-order valence-corrected chi connectivity index (χ3v) is 5.47. The molecular weight excluding hydrogens is 364 g/mol. The average molecular weight is 387 g/mol. The Kier molecular flexibility index (Phi) is 5.51. The normalized spacial score (nSPS) is 14.7. The zero-order valence-electron chi connectivity index (χ0n) is 16.4. The van der Waals surface area contributed by atoms with Gasteiger partial charge in [-0.2, -0.15) is 0 Å². The standard InChI is InChI=1S/C23H23N4O2/c1-16-23(29)20(15-28)26-21(25-16)13-17-9-11-27(12-10-17)22-8-7-19(14-24-22)18-5-3-2-4-6-18/h2-8,14,17,29H,9-13H2,1H3. The maximum atomic E-state index is 10.9. The molecule has 6 nitrogen and oxygen atoms in total. The van der Waals surface area contributed by atoms with Crippen LogP contribution in [0, 0.1) is 12.8 Å². The monoisotopic (exact) mass is 387 g/mol. The molecule has 1 aromatic carbocycles. The Balaban J connectivity index is 1.37. The molecule has 1 radical (unpaired) electrons. The van der Waals surface area contributed by atoms with Crippen molar-refractivity contribution in [3.05, 3.63) is 65.9 Å². The number of anilines is 1. The summed E-state index contributed by atoms with van der Waals surface area (Å²) in [5.74, 6) is 1.86. The van der Waals surface area contributed by atoms with Crippen molar-refractivity contribution in [2.45, 2.75) is 26.2 Å². The van der Waals surface area contributed by atoms with Crippen LogP contribution in [-0.2, 0) is 11.2 Å². The fourth-order valence-corrected chi connectivity index (χ4v) is 3.79. The first-order chi connectivity index (χ1) is 14.1. The third kappa shape index (κ3) is 4.26. The maximum absolute atomic E-state index is 10.9. The number of hydrogen-bond donors (Lipinski definition) is 1. The van der Waals surface area contributed by atoms with Gasteiger partial charge < -0.3 is 10.0 Å². The van der Waals surface area contributed by atoms with Crippen LogP contribution in [0.5, 0.6) is 5.75 Å². The first kappa shape index (κ1) is 19.1. The zero-order chi connectivity index (χ0) is 20.2. The molecule has 0 aliphatic carbocycles. The van der Waals surface area contributed by atoms with Crippen LogP contribution in [0.25, 0.3) is 11.1 Å². The highest BCUT2D eigenvalue weighted by Crippen LogP contribution is 2.26. The largest absolute Gasteiger partial charge is 0.504 e. The number of carbonyl (C=O) groups excluding carboxylic acids is 1. The van der Waals surface area contributed by atoms with E-state index >= 15 is 0 Å². The number of rotatable bonds is 5. The van der Waals surface area contributed by atoms with Gasteiger partial charge in [-0.3, -0.25) is 4.79 Å². The number of hydrogen-bond acceptors (Lipinski definition) is 6. The highest BCUT2D eigenvalue weighted by Gasteiger charge is 2.22. The highest BCUT2D eigenvalue weighted by molar-refractivity contribution is 5.76. The van der Waals surface area contributed by atoms with Crippen LogP contribution in [-0.4, -0.2) is 39.4 Å². The zero-order valence-corrected chi connectivity index (χ0v) is 16.4. The summed E-state index contributed by atoms with van der Waals surface area (Å²) < 4.78 is 0. The summed E-state index contributed by atoms with van der Waals surface area (Å²) in [6.07, 6.45) is 6.33. The van der Waals surface area contributed by atoms with E-state index in [2.05, 4.69) is 44.1 Å². The third-order valence-electron chi connectivity index (χ3n) is 5.47. The van der Waals surface area contributed by atoms with Gasteiger partial charge in [0, 0.05) is 31.3 Å². The molecule has 2 aromatic heterocycles. The predicted molar refractivity (Wildman–Crippen MR) is 112 cm³/mol. The number of nitrogens with zero attached hydrogens (tertiary/aromatic N) is 4. The van der Waals surface area contributed by atoms with Gasteiger partial charge in [-0.25, -0.2) is 15.0 Å². The van der Waals surface area contributed by atoms with Gasteiger partial charge in [-0.15, -0.1) is 0 Å². The molecule has 1 N–H and O–H groups in total. The minimum atomic E-state index is -0.177. The van der Waals surface area contributed by atoms with Crippen molar-refractivity contribution < 1.29 is 9.90 Å². The number of piperidine rings is 1. The van der Waals surface area contributed by atoms with Crippen LogP contribution in [0.3, 0.4) is 0 Å². The summed E-state index contributed by atoms with van der Waals surface area (Å²) in [6, 6.07) is 14.5. The van der Waals surface area contributed by atoms with Crippen LogP contribution >= 0.6 is 0 Å². The molecule has 3 aromatic rings. The molecule has 1 aliphatic heterocycles. The molecule has 0 atom stereocenters. The van der Waals surface area contributed by atoms with Crippen molar-refractivity contribution in [2.75, 3.05) is 18.0 Å². The second-order valence-electron chi connectivity index (χ2n) is 7.43. The van der Waals surface area contributed by atoms with Crippen molar-refractivity contribution in [2.24, 2.45) is 5.92 Å². The molecular formula is C23H23N4O2. The fraction of sp³-hybridized carbons (Fsp3) is 0.304. The van der Waals surface area contributed by atoms with Gasteiger partial charge in [-0.05, 0) is 43.4 Å². The van der Waals surface area contributed by atoms with E-state index in [1.54, 1.807) is 13.2 Å². The molecule has 1 saturated heterocycles. The van der Waals surface area contributed by atoms with Crippen molar-refractivity contribution in [1.29, 1.82) is 0 Å². The molecule has 0 spiro atoms. The molecule has 0 amide bonds. The van der Waals surface area contributed by atoms with E-state index in [9.17, 15) is 9.90 Å². The Morgan fingerprint density at radius 2 is 1.83 bits per heavy atom. The molecule has 0 bridgehead atoms. The molecule has 4 rings (SSSR count). The van der Waals surface area contributed by atoms with Crippen LogP contribution in [0.2, 0.25) is 0 Å². The predicted octanol–water partition coefficient (Wildman–Crippen LogP) is 3.47. The lowest BCUT2D eigenvalue weighted by molar-refractivity contribution is 0.393. The summed E-state index contributed by atoms with van der Waals surface area (Å²) in [4.78, 5) is 26.4. The Labute approximate surface area is 170 Å². The van der Waals surface area contributed by atoms with Gasteiger partial charge in [-0.1, -0.05) is 30.3 Å². The van der Waals surface area contributed by atoms with Gasteiger partial charge in [0.15, 0.2) is 11.4 Å². The van der Waals surface area contributed by atoms with Crippen molar-refractivity contribution >= 4 is 12.1 Å². The number of aromatic nitrogens is 3. The molecule has 1 fully saturated rings. The molecule has 29 heavy (non-hydrogen) atoms. The van der Waals surface area contributed by atoms with Gasteiger partial charge in [0.1, 0.15) is 11.6 Å². The van der Waals surface area contributed by atoms with Crippen molar-refractivity contribution in [3.8, 4) is 16.9 Å². The Bertz CT molecular complexity index is 982. The van der Waals surface area contributed by atoms with Crippen LogP contribution in [0.15, 0.2) is 48.7 Å². The van der Waals surface area contributed by atoms with E-state index in [0.717, 1.165) is 37.3 Å². The van der Waals surface area contributed by atoms with Crippen molar-refractivity contribution in [3.63, 3.8) is 0 Å². The summed E-state index contributed by atoms with van der Waals surface area (Å²) in [5, 5.41) is 9.78. The van der Waals surface area contributed by atoms with Gasteiger partial charge >= 0.3 is 0 Å². The van der Waals surface area contributed by atoms with E-state index < -0.39 is 0 Å². The lowest BCUT2D eigenvalue weighted by Crippen LogP contribution is -2.35. The Hall–Kier alpha value is -3.28. The van der Waals surface area contributed by atoms with Gasteiger partial charge in [0.25, 0.3) is 6.29 Å². The molecule has 6 heteroatoms. The summed E-state index contributed by atoms with van der Waals surface area (Å²) >= 11 is 0. The number of benzene rings is 1. The maximum Gasteiger partial charge on any atom is 0.257 e. The van der Waals surface area contributed by atoms with E-state index in [4.69, 9.17) is 0 Å². The molecule has 0 saturated carbocycles. The summed E-state index contributed by atoms with van der Waals surface area (Å²) in [6.45, 7) is 3.52. The van der Waals surface area contributed by atoms with Crippen LogP contribution in [0.1, 0.15) is 30.1 Å². The number of pyridine rings is 1. The van der Waals surface area contributed by atoms with Crippen LogP contribution in [0.4, 0.5) is 5.82 Å². The second-order valence-corrected chi connectivity index (χ2v) is 7.43. The van der Waals surface area contributed by atoms with E-state index in [0.29, 0.717) is 23.9 Å². The average Bonchev–Trinajstić information content (AvgIpc) is 2.77. The lowest BCUT2D eigenvalue weighted by Gasteiger charge is -2.32. The lowest BCUT2D eigenvalue weighted by atomic mass is 9.93. The first-order valence-electron chi connectivity index (χ1n) is 9.85. The minimum absolute atomic E-state index is 0.0485. The van der Waals surface area contributed by atoms with Gasteiger partial charge in [0.05, 0.1) is 5.69 Å². The smallest absolute Gasteiger partial charge is 0.257 e. The van der Waals surface area contributed by atoms with Crippen LogP contribution < -0.4 is 4.90 Å². The van der Waals surface area contributed by atoms with Crippen molar-refractivity contribution in [1.82, 2.24) is 15.0 Å². The minimum Gasteiger partial charge on any atom is -0.504 e. The summed E-state index contributed by atoms with van der Waals surface area (Å²) in [5.41, 5.74) is 2.66. The van der Waals surface area contributed by atoms with E-state index in [1.165, 1.54) is 5.56 Å². The molecule has 147 valence electrons. The van der Waals surface area contributed by atoms with E-state index in [-0.39, 0.29) is 11.4 Å². The SMILES string of the molecule is Cc1nc(CC2CCN(c3ccc(-c4ccccc4)cn3)CC2)nc([C]=O)c1O. The topological polar surface area (TPSA) is 79.2 Å². The molecule has 1 aliphatic rings. The fourth-order valence-electron chi connectivity index (χ4n) is 3.79. The molecule has 3 heterocycles. The van der Waals surface area contributed by atoms with E-state index in [1.807, 2.05) is 24.4 Å².